The summed E-state index contributed by atoms with van der Waals surface area (Å²) in [5, 5.41) is 33.1. The van der Waals surface area contributed by atoms with Gasteiger partial charge in [-0.05, 0) is 55.4 Å². The number of benzene rings is 1. The summed E-state index contributed by atoms with van der Waals surface area (Å²) in [7, 11) is 0. The number of pyridine rings is 1. The van der Waals surface area contributed by atoms with Crippen molar-refractivity contribution >= 4 is 0 Å². The first-order chi connectivity index (χ1) is 19.7. The first kappa shape index (κ1) is 27.3. The largest absolute Gasteiger partial charge is 0.417 e. The number of nitrogens with zero attached hydrogens (tertiary/aromatic N) is 2. The molecule has 1 aromatic heterocycles. The van der Waals surface area contributed by atoms with Crippen LogP contribution in [0.1, 0.15) is 120 Å². The summed E-state index contributed by atoms with van der Waals surface area (Å²) in [5.41, 5.74) is 1.21. The molecule has 0 bridgehead atoms. The number of alkyl halides is 3. The predicted molar refractivity (Wildman–Crippen MR) is 139 cm³/mol. The Balaban J connectivity index is 1.48. The Bertz CT molecular complexity index is 1400. The second-order valence-electron chi connectivity index (χ2n) is 12.3. The van der Waals surface area contributed by atoms with Crippen LogP contribution in [0.3, 0.4) is 0 Å². The van der Waals surface area contributed by atoms with Gasteiger partial charge in [0.25, 0.3) is 0 Å². The van der Waals surface area contributed by atoms with Crippen LogP contribution in [0.15, 0.2) is 18.2 Å². The predicted octanol–water partition coefficient (Wildman–Crippen LogP) is 5.63. The molecule has 2 spiro atoms. The molecule has 5 aliphatic rings. The van der Waals surface area contributed by atoms with E-state index in [-0.39, 0.29) is 5.92 Å². The van der Waals surface area contributed by atoms with Crippen LogP contribution >= 0.6 is 0 Å². The summed E-state index contributed by atoms with van der Waals surface area (Å²) in [4.78, 5) is 5.15. The molecule has 2 unspecified atom stereocenters. The van der Waals surface area contributed by atoms with Gasteiger partial charge >= 0.3 is 6.18 Å². The van der Waals surface area contributed by atoms with E-state index in [4.69, 9.17) is 19.2 Å². The van der Waals surface area contributed by atoms with Gasteiger partial charge in [-0.25, -0.2) is 0 Å². The second-order valence-corrected chi connectivity index (χ2v) is 12.3. The number of ether oxygens (including phenoxy) is 3. The van der Waals surface area contributed by atoms with E-state index < -0.39 is 46.6 Å². The number of aliphatic hydroxyl groups excluding tert-OH is 2. The van der Waals surface area contributed by atoms with Crippen molar-refractivity contribution in [2.24, 2.45) is 5.41 Å². The molecule has 1 aromatic carbocycles. The van der Waals surface area contributed by atoms with Gasteiger partial charge in [0.2, 0.25) is 0 Å². The zero-order chi connectivity index (χ0) is 28.6. The average molecular weight is 571 g/mol. The van der Waals surface area contributed by atoms with Crippen LogP contribution < -0.4 is 0 Å². The lowest BCUT2D eigenvalue weighted by molar-refractivity contribution is -0.138. The number of aliphatic hydroxyl groups is 2. The Labute approximate surface area is 236 Å². The third kappa shape index (κ3) is 4.15. The third-order valence-electron chi connectivity index (χ3n) is 10.2. The molecule has 3 atom stereocenters. The number of rotatable bonds is 2. The van der Waals surface area contributed by atoms with Crippen LogP contribution in [0, 0.1) is 16.7 Å². The number of hydrogen-bond donors (Lipinski definition) is 2. The van der Waals surface area contributed by atoms with Gasteiger partial charge in [0, 0.05) is 61.7 Å². The summed E-state index contributed by atoms with van der Waals surface area (Å²) >= 11 is 0. The first-order valence-electron chi connectivity index (χ1n) is 14.6. The molecule has 0 radical (unpaired) electrons. The lowest BCUT2D eigenvalue weighted by atomic mass is 9.57. The molecule has 7 rings (SSSR count). The lowest BCUT2D eigenvalue weighted by Gasteiger charge is -2.51. The molecule has 41 heavy (non-hydrogen) atoms. The maximum absolute atomic E-state index is 13.7. The monoisotopic (exact) mass is 570 g/mol. The quantitative estimate of drug-likeness (QED) is 0.482. The molecular weight excluding hydrogens is 537 g/mol. The van der Waals surface area contributed by atoms with Gasteiger partial charge in [0.05, 0.1) is 40.3 Å². The highest BCUT2D eigenvalue weighted by Crippen LogP contribution is 2.63. The highest BCUT2D eigenvalue weighted by atomic mass is 19.4. The molecule has 218 valence electrons. The smallest absolute Gasteiger partial charge is 0.388 e. The van der Waals surface area contributed by atoms with Crippen molar-refractivity contribution in [3.05, 3.63) is 63.0 Å². The van der Waals surface area contributed by atoms with Crippen molar-refractivity contribution < 1.29 is 37.6 Å². The first-order valence-corrected chi connectivity index (χ1v) is 14.6. The van der Waals surface area contributed by atoms with Gasteiger partial charge in [0.1, 0.15) is 12.2 Å². The molecule has 2 N–H and O–H groups in total. The molecule has 3 fully saturated rings. The molecule has 10 heteroatoms. The molecule has 2 aromatic rings. The van der Waals surface area contributed by atoms with E-state index in [0.717, 1.165) is 42.1 Å². The summed E-state index contributed by atoms with van der Waals surface area (Å²) < 4.78 is 59.3. The molecule has 0 amide bonds. The standard InChI is InChI=1S/C31H33F3N2O5/c32-31(33,34)20-3-2-18(14-19(20)16-35)27-23-24(30(41-27)8-12-40-13-9-30)22-21(37)15-29(6-1-7-29)28(38)26(22)36-25(23)17-4-10-39-11-5-17/h2-3,14,17,21,27-28,37-38H,1,4-13,15H2/t21?,27?,28-/m0/s1. The van der Waals surface area contributed by atoms with Crippen LogP contribution in [0.4, 0.5) is 13.2 Å². The summed E-state index contributed by atoms with van der Waals surface area (Å²) in [6, 6.07) is 5.33. The molecule has 2 saturated heterocycles. The van der Waals surface area contributed by atoms with E-state index in [1.165, 1.54) is 12.1 Å². The van der Waals surface area contributed by atoms with E-state index in [2.05, 4.69) is 0 Å². The zero-order valence-corrected chi connectivity index (χ0v) is 22.7. The number of hydrogen-bond acceptors (Lipinski definition) is 7. The van der Waals surface area contributed by atoms with E-state index in [9.17, 15) is 28.6 Å². The van der Waals surface area contributed by atoms with Crippen molar-refractivity contribution in [1.29, 1.82) is 5.26 Å². The van der Waals surface area contributed by atoms with Crippen molar-refractivity contribution in [2.75, 3.05) is 26.4 Å². The summed E-state index contributed by atoms with van der Waals surface area (Å²) in [6.07, 6.45) is -1.59. The lowest BCUT2D eigenvalue weighted by Crippen LogP contribution is -2.43. The van der Waals surface area contributed by atoms with E-state index in [0.29, 0.717) is 75.4 Å². The van der Waals surface area contributed by atoms with Gasteiger partial charge in [-0.2, -0.15) is 18.4 Å². The Kier molecular flexibility index (Phi) is 6.49. The van der Waals surface area contributed by atoms with E-state index in [1.54, 1.807) is 6.07 Å². The van der Waals surface area contributed by atoms with Crippen LogP contribution in [-0.2, 0) is 26.0 Å². The van der Waals surface area contributed by atoms with Crippen molar-refractivity contribution in [1.82, 2.24) is 4.98 Å². The van der Waals surface area contributed by atoms with Crippen molar-refractivity contribution in [2.45, 2.75) is 87.4 Å². The molecule has 4 heterocycles. The van der Waals surface area contributed by atoms with Crippen LogP contribution in [0.5, 0.6) is 0 Å². The maximum Gasteiger partial charge on any atom is 0.417 e. The van der Waals surface area contributed by atoms with Gasteiger partial charge in [-0.1, -0.05) is 12.5 Å². The minimum atomic E-state index is -4.66. The number of nitriles is 1. The number of halogens is 3. The fourth-order valence-electron chi connectivity index (χ4n) is 7.94. The summed E-state index contributed by atoms with van der Waals surface area (Å²) in [6.45, 7) is 1.96. The van der Waals surface area contributed by atoms with Crippen LogP contribution in [0.25, 0.3) is 0 Å². The maximum atomic E-state index is 13.7. The second kappa shape index (κ2) is 9.75. The average Bonchev–Trinajstić information content (AvgIpc) is 3.27. The molecule has 3 aliphatic heterocycles. The Hall–Kier alpha value is -2.55. The minimum absolute atomic E-state index is 0.00242. The fourth-order valence-corrected chi connectivity index (χ4v) is 7.94. The minimum Gasteiger partial charge on any atom is -0.388 e. The van der Waals surface area contributed by atoms with Gasteiger partial charge in [0.15, 0.2) is 0 Å². The number of fused-ring (bicyclic) bond motifs is 4. The van der Waals surface area contributed by atoms with Crippen molar-refractivity contribution in [3.63, 3.8) is 0 Å². The van der Waals surface area contributed by atoms with Crippen LogP contribution in [-0.4, -0.2) is 41.6 Å². The zero-order valence-electron chi connectivity index (χ0n) is 22.7. The van der Waals surface area contributed by atoms with Crippen LogP contribution in [0.2, 0.25) is 0 Å². The SMILES string of the molecule is N#Cc1cc(C2OC3(CCOCC3)c3c4c(nc(C5CCOCC5)c32)[C@H](O)C2(CCC2)CC4O)ccc1C(F)(F)F. The topological polar surface area (TPSA) is 105 Å². The number of aromatic nitrogens is 1. The normalized spacial score (nSPS) is 28.6. The van der Waals surface area contributed by atoms with Crippen molar-refractivity contribution in [3.8, 4) is 6.07 Å². The highest BCUT2D eigenvalue weighted by molar-refractivity contribution is 5.56. The van der Waals surface area contributed by atoms with E-state index in [1.807, 2.05) is 0 Å². The van der Waals surface area contributed by atoms with Gasteiger partial charge < -0.3 is 24.4 Å². The molecule has 1 saturated carbocycles. The van der Waals surface area contributed by atoms with Gasteiger partial charge in [-0.3, -0.25) is 4.98 Å². The summed E-state index contributed by atoms with van der Waals surface area (Å²) in [5.74, 6) is -0.00242. The Morgan fingerprint density at radius 3 is 2.29 bits per heavy atom. The molecule has 2 aliphatic carbocycles. The highest BCUT2D eigenvalue weighted by Gasteiger charge is 2.57. The Morgan fingerprint density at radius 1 is 0.951 bits per heavy atom. The van der Waals surface area contributed by atoms with E-state index >= 15 is 0 Å². The fraction of sp³-hybridized carbons (Fsp3) is 0.613. The molecular formula is C31H33F3N2O5. The molecule has 7 nitrogen and oxygen atoms in total. The van der Waals surface area contributed by atoms with Gasteiger partial charge in [-0.15, -0.1) is 0 Å². The Morgan fingerprint density at radius 2 is 1.66 bits per heavy atom. The third-order valence-corrected chi connectivity index (χ3v) is 10.2.